The molecule has 5 nitrogen and oxygen atoms in total. The number of benzene rings is 1. The lowest BCUT2D eigenvalue weighted by Crippen LogP contribution is -2.33. The summed E-state index contributed by atoms with van der Waals surface area (Å²) >= 11 is 0. The van der Waals surface area contributed by atoms with Gasteiger partial charge in [-0.3, -0.25) is 4.79 Å². The lowest BCUT2D eigenvalue weighted by molar-refractivity contribution is -0.128. The molecule has 1 saturated heterocycles. The van der Waals surface area contributed by atoms with E-state index in [1.165, 1.54) is 0 Å². The van der Waals surface area contributed by atoms with Crippen LogP contribution in [0.4, 0.5) is 0 Å². The SMILES string of the molecule is CC#CCC(C)C(O)/C=C/[C@H]1CCC(=O)N1CCCc1cccc(C(=O)O)c1. The Hall–Kier alpha value is -2.58. The molecule has 5 heteroatoms. The van der Waals surface area contributed by atoms with E-state index in [0.717, 1.165) is 24.8 Å². The minimum absolute atomic E-state index is 0.0111. The van der Waals surface area contributed by atoms with Crippen molar-refractivity contribution in [3.63, 3.8) is 0 Å². The van der Waals surface area contributed by atoms with E-state index in [-0.39, 0.29) is 23.4 Å². The number of aryl methyl sites for hydroxylation is 1. The molecule has 1 aliphatic rings. The summed E-state index contributed by atoms with van der Waals surface area (Å²) in [7, 11) is 0. The van der Waals surface area contributed by atoms with E-state index in [1.807, 2.05) is 24.0 Å². The predicted octanol–water partition coefficient (Wildman–Crippen LogP) is 3.28. The van der Waals surface area contributed by atoms with E-state index in [2.05, 4.69) is 11.8 Å². The third-order valence-electron chi connectivity index (χ3n) is 5.13. The number of amides is 1. The van der Waals surface area contributed by atoms with E-state index >= 15 is 0 Å². The smallest absolute Gasteiger partial charge is 0.335 e. The van der Waals surface area contributed by atoms with Crippen molar-refractivity contribution in [1.29, 1.82) is 0 Å². The van der Waals surface area contributed by atoms with Crippen LogP contribution in [0.25, 0.3) is 0 Å². The van der Waals surface area contributed by atoms with Gasteiger partial charge in [0.2, 0.25) is 5.91 Å². The summed E-state index contributed by atoms with van der Waals surface area (Å²) in [6.07, 6.45) is 6.57. The molecule has 150 valence electrons. The van der Waals surface area contributed by atoms with Crippen molar-refractivity contribution in [3.8, 4) is 11.8 Å². The highest BCUT2D eigenvalue weighted by atomic mass is 16.4. The summed E-state index contributed by atoms with van der Waals surface area (Å²) in [6.45, 7) is 4.37. The number of carbonyl (C=O) groups excluding carboxylic acids is 1. The molecule has 2 unspecified atom stereocenters. The maximum Gasteiger partial charge on any atom is 0.335 e. The third kappa shape index (κ3) is 6.24. The Morgan fingerprint density at radius 2 is 2.21 bits per heavy atom. The number of carboxylic acids is 1. The molecule has 1 aromatic rings. The van der Waals surface area contributed by atoms with Crippen molar-refractivity contribution in [2.24, 2.45) is 5.92 Å². The van der Waals surface area contributed by atoms with Gasteiger partial charge in [-0.1, -0.05) is 31.2 Å². The van der Waals surface area contributed by atoms with Gasteiger partial charge < -0.3 is 15.1 Å². The maximum absolute atomic E-state index is 12.2. The molecule has 1 fully saturated rings. The van der Waals surface area contributed by atoms with Gasteiger partial charge >= 0.3 is 5.97 Å². The molecule has 0 bridgehead atoms. The van der Waals surface area contributed by atoms with Crippen LogP contribution in [0.15, 0.2) is 36.4 Å². The van der Waals surface area contributed by atoms with Crippen molar-refractivity contribution in [3.05, 3.63) is 47.5 Å². The van der Waals surface area contributed by atoms with Crippen LogP contribution in [-0.4, -0.2) is 45.7 Å². The molecule has 0 aromatic heterocycles. The molecule has 0 spiro atoms. The summed E-state index contributed by atoms with van der Waals surface area (Å²) in [5.74, 6) is 5.07. The first kappa shape index (κ1) is 21.7. The largest absolute Gasteiger partial charge is 0.478 e. The molecule has 0 saturated carbocycles. The first-order chi connectivity index (χ1) is 13.4. The number of carboxylic acid groups (broad SMARTS) is 1. The Bertz CT molecular complexity index is 774. The van der Waals surface area contributed by atoms with Crippen LogP contribution in [0.5, 0.6) is 0 Å². The second-order valence-electron chi connectivity index (χ2n) is 7.29. The van der Waals surface area contributed by atoms with Gasteiger partial charge in [-0.25, -0.2) is 4.79 Å². The lowest BCUT2D eigenvalue weighted by atomic mass is 10.00. The van der Waals surface area contributed by atoms with E-state index in [4.69, 9.17) is 5.11 Å². The first-order valence-corrected chi connectivity index (χ1v) is 9.80. The average Bonchev–Trinajstić information content (AvgIpc) is 3.04. The fourth-order valence-electron chi connectivity index (χ4n) is 3.38. The van der Waals surface area contributed by atoms with Crippen LogP contribution in [0, 0.1) is 17.8 Å². The summed E-state index contributed by atoms with van der Waals surface area (Å²) < 4.78 is 0. The van der Waals surface area contributed by atoms with Crippen LogP contribution in [0.2, 0.25) is 0 Å². The first-order valence-electron chi connectivity index (χ1n) is 9.80. The van der Waals surface area contributed by atoms with E-state index in [9.17, 15) is 14.7 Å². The zero-order valence-corrected chi connectivity index (χ0v) is 16.6. The molecule has 1 aliphatic heterocycles. The van der Waals surface area contributed by atoms with Crippen molar-refractivity contribution < 1.29 is 19.8 Å². The standard InChI is InChI=1S/C23H29NO4/c1-3-4-7-17(2)21(25)13-11-20-12-14-22(26)24(20)15-6-9-18-8-5-10-19(16-18)23(27)28/h5,8,10-11,13,16-17,20-21,25H,6-7,9,12,14-15H2,1-2H3,(H,27,28)/b13-11+/t17?,20-,21?/m0/s1. The Morgan fingerprint density at radius 3 is 2.93 bits per heavy atom. The molecular formula is C23H29NO4. The minimum Gasteiger partial charge on any atom is -0.478 e. The Morgan fingerprint density at radius 1 is 1.43 bits per heavy atom. The third-order valence-corrected chi connectivity index (χ3v) is 5.13. The fourth-order valence-corrected chi connectivity index (χ4v) is 3.38. The highest BCUT2D eigenvalue weighted by Gasteiger charge is 2.28. The highest BCUT2D eigenvalue weighted by molar-refractivity contribution is 5.87. The molecule has 1 amide bonds. The van der Waals surface area contributed by atoms with Crippen molar-refractivity contribution >= 4 is 11.9 Å². The zero-order chi connectivity index (χ0) is 20.5. The maximum atomic E-state index is 12.2. The molecule has 0 radical (unpaired) electrons. The number of aliphatic hydroxyl groups excluding tert-OH is 1. The van der Waals surface area contributed by atoms with E-state index in [0.29, 0.717) is 19.4 Å². The number of carbonyl (C=O) groups is 2. The topological polar surface area (TPSA) is 77.8 Å². The Kier molecular flexibility index (Phi) is 8.28. The molecule has 1 heterocycles. The van der Waals surface area contributed by atoms with Crippen LogP contribution >= 0.6 is 0 Å². The van der Waals surface area contributed by atoms with E-state index in [1.54, 1.807) is 31.2 Å². The summed E-state index contributed by atoms with van der Waals surface area (Å²) in [4.78, 5) is 25.2. The van der Waals surface area contributed by atoms with Crippen LogP contribution in [0.3, 0.4) is 0 Å². The highest BCUT2D eigenvalue weighted by Crippen LogP contribution is 2.21. The zero-order valence-electron chi connectivity index (χ0n) is 16.6. The van der Waals surface area contributed by atoms with Crippen LogP contribution < -0.4 is 0 Å². The van der Waals surface area contributed by atoms with Crippen LogP contribution in [0.1, 0.15) is 55.5 Å². The van der Waals surface area contributed by atoms with Gasteiger partial charge in [0, 0.05) is 19.4 Å². The molecule has 3 atom stereocenters. The molecule has 28 heavy (non-hydrogen) atoms. The molecule has 2 rings (SSSR count). The predicted molar refractivity (Wildman–Crippen MR) is 109 cm³/mol. The van der Waals surface area contributed by atoms with Crippen molar-refractivity contribution in [2.75, 3.05) is 6.54 Å². The Labute approximate surface area is 167 Å². The van der Waals surface area contributed by atoms with Gasteiger partial charge in [-0.05, 0) is 49.8 Å². The minimum atomic E-state index is -0.931. The van der Waals surface area contributed by atoms with Gasteiger partial charge in [0.25, 0.3) is 0 Å². The molecule has 1 aromatic carbocycles. The number of aliphatic hydroxyl groups is 1. The molecule has 2 N–H and O–H groups in total. The van der Waals surface area contributed by atoms with Gasteiger partial charge in [0.15, 0.2) is 0 Å². The fraction of sp³-hybridized carbons (Fsp3) is 0.478. The number of hydrogen-bond donors (Lipinski definition) is 2. The quantitative estimate of drug-likeness (QED) is 0.507. The summed E-state index contributed by atoms with van der Waals surface area (Å²) in [5.41, 5.74) is 1.24. The second-order valence-corrected chi connectivity index (χ2v) is 7.29. The number of nitrogens with zero attached hydrogens (tertiary/aromatic N) is 1. The number of likely N-dealkylation sites (tertiary alicyclic amines) is 1. The molecule has 0 aliphatic carbocycles. The number of rotatable bonds is 9. The second kappa shape index (κ2) is 10.7. The lowest BCUT2D eigenvalue weighted by Gasteiger charge is -2.23. The van der Waals surface area contributed by atoms with Gasteiger partial charge in [-0.2, -0.15) is 0 Å². The Balaban J connectivity index is 1.89. The van der Waals surface area contributed by atoms with Crippen molar-refractivity contribution in [1.82, 2.24) is 4.90 Å². The number of aromatic carboxylic acids is 1. The van der Waals surface area contributed by atoms with Crippen LogP contribution in [-0.2, 0) is 11.2 Å². The van der Waals surface area contributed by atoms with Gasteiger partial charge in [0.05, 0.1) is 17.7 Å². The molecular weight excluding hydrogens is 354 g/mol. The summed E-state index contributed by atoms with van der Waals surface area (Å²) in [6, 6.07) is 6.93. The number of hydrogen-bond acceptors (Lipinski definition) is 3. The van der Waals surface area contributed by atoms with E-state index < -0.39 is 12.1 Å². The van der Waals surface area contributed by atoms with Gasteiger partial charge in [-0.15, -0.1) is 11.8 Å². The monoisotopic (exact) mass is 383 g/mol. The van der Waals surface area contributed by atoms with Gasteiger partial charge in [0.1, 0.15) is 0 Å². The average molecular weight is 383 g/mol. The normalized spacial score (nSPS) is 18.8. The van der Waals surface area contributed by atoms with Crippen molar-refractivity contribution in [2.45, 2.75) is 58.1 Å². The summed E-state index contributed by atoms with van der Waals surface area (Å²) in [5, 5.41) is 19.3.